The maximum absolute atomic E-state index is 11.6. The van der Waals surface area contributed by atoms with Crippen LogP contribution < -0.4 is 10.6 Å². The number of ether oxygens (including phenoxy) is 1. The number of carbonyl (C=O) groups is 1. The molecule has 0 saturated carbocycles. The molecule has 1 amide bonds. The van der Waals surface area contributed by atoms with E-state index in [1.807, 2.05) is 6.92 Å². The molecule has 4 nitrogen and oxygen atoms in total. The number of amides is 1. The number of rotatable bonds is 6. The number of hydrogen-bond acceptors (Lipinski definition) is 3. The summed E-state index contributed by atoms with van der Waals surface area (Å²) in [6, 6.07) is 0.0733. The summed E-state index contributed by atoms with van der Waals surface area (Å²) in [4.78, 5) is 11.6. The molecule has 4 heteroatoms. The summed E-state index contributed by atoms with van der Waals surface area (Å²) in [5.41, 5.74) is 0. The standard InChI is InChI=1S/C13H22N2O2/c1-3-5-11(4-2)15-13(16)10-17-12-6-8-14-9-7-12/h1,11-12,14H,4-10H2,2H3,(H,15,16). The van der Waals surface area contributed by atoms with Gasteiger partial charge in [-0.2, -0.15) is 0 Å². The molecule has 0 radical (unpaired) electrons. The second-order valence-corrected chi connectivity index (χ2v) is 4.34. The van der Waals surface area contributed by atoms with Crippen molar-refractivity contribution in [3.05, 3.63) is 0 Å². The van der Waals surface area contributed by atoms with E-state index in [1.165, 1.54) is 0 Å². The molecule has 96 valence electrons. The summed E-state index contributed by atoms with van der Waals surface area (Å²) in [7, 11) is 0. The zero-order valence-corrected chi connectivity index (χ0v) is 10.5. The van der Waals surface area contributed by atoms with Gasteiger partial charge in [-0.3, -0.25) is 4.79 Å². The zero-order chi connectivity index (χ0) is 12.5. The Kier molecular flexibility index (Phi) is 6.68. The fourth-order valence-electron chi connectivity index (χ4n) is 1.86. The van der Waals surface area contributed by atoms with Crippen molar-refractivity contribution in [1.29, 1.82) is 0 Å². The molecule has 1 aliphatic heterocycles. The fourth-order valence-corrected chi connectivity index (χ4v) is 1.86. The highest BCUT2D eigenvalue weighted by Crippen LogP contribution is 2.06. The topological polar surface area (TPSA) is 50.4 Å². The molecule has 1 heterocycles. The molecule has 1 unspecified atom stereocenters. The van der Waals surface area contributed by atoms with Crippen LogP contribution in [-0.2, 0) is 9.53 Å². The highest BCUT2D eigenvalue weighted by Gasteiger charge is 2.15. The third-order valence-electron chi connectivity index (χ3n) is 2.96. The van der Waals surface area contributed by atoms with Crippen molar-refractivity contribution >= 4 is 5.91 Å². The van der Waals surface area contributed by atoms with Gasteiger partial charge in [0.1, 0.15) is 6.61 Å². The second kappa shape index (κ2) is 8.10. The van der Waals surface area contributed by atoms with Crippen LogP contribution in [0.2, 0.25) is 0 Å². The Morgan fingerprint density at radius 2 is 2.29 bits per heavy atom. The van der Waals surface area contributed by atoms with Gasteiger partial charge in [0.25, 0.3) is 0 Å². The number of terminal acetylenes is 1. The van der Waals surface area contributed by atoms with Crippen molar-refractivity contribution in [1.82, 2.24) is 10.6 Å². The van der Waals surface area contributed by atoms with Gasteiger partial charge in [0.05, 0.1) is 6.10 Å². The predicted molar refractivity (Wildman–Crippen MR) is 67.5 cm³/mol. The quantitative estimate of drug-likeness (QED) is 0.669. The maximum atomic E-state index is 11.6. The van der Waals surface area contributed by atoms with Crippen LogP contribution in [0.5, 0.6) is 0 Å². The highest BCUT2D eigenvalue weighted by atomic mass is 16.5. The van der Waals surface area contributed by atoms with Gasteiger partial charge in [0.2, 0.25) is 5.91 Å². The minimum atomic E-state index is -0.0642. The third-order valence-corrected chi connectivity index (χ3v) is 2.96. The van der Waals surface area contributed by atoms with E-state index >= 15 is 0 Å². The lowest BCUT2D eigenvalue weighted by molar-refractivity contribution is -0.128. The Morgan fingerprint density at radius 3 is 2.88 bits per heavy atom. The molecule has 0 spiro atoms. The molecule has 1 rings (SSSR count). The molecule has 1 aliphatic rings. The van der Waals surface area contributed by atoms with Gasteiger partial charge in [0.15, 0.2) is 0 Å². The lowest BCUT2D eigenvalue weighted by atomic mass is 10.1. The fraction of sp³-hybridized carbons (Fsp3) is 0.769. The molecule has 0 aromatic carbocycles. The Morgan fingerprint density at radius 1 is 1.59 bits per heavy atom. The molecule has 0 aromatic heterocycles. The average Bonchev–Trinajstić information content (AvgIpc) is 2.37. The Balaban J connectivity index is 2.17. The van der Waals surface area contributed by atoms with Crippen LogP contribution in [0.4, 0.5) is 0 Å². The molecule has 1 fully saturated rings. The van der Waals surface area contributed by atoms with Gasteiger partial charge in [-0.1, -0.05) is 6.92 Å². The van der Waals surface area contributed by atoms with Gasteiger partial charge < -0.3 is 15.4 Å². The zero-order valence-electron chi connectivity index (χ0n) is 10.5. The van der Waals surface area contributed by atoms with Gasteiger partial charge in [-0.05, 0) is 32.4 Å². The van der Waals surface area contributed by atoms with Crippen molar-refractivity contribution in [3.8, 4) is 12.3 Å². The summed E-state index contributed by atoms with van der Waals surface area (Å²) in [5, 5.41) is 6.14. The van der Waals surface area contributed by atoms with E-state index in [-0.39, 0.29) is 24.7 Å². The van der Waals surface area contributed by atoms with E-state index in [0.717, 1.165) is 32.4 Å². The van der Waals surface area contributed by atoms with Gasteiger partial charge >= 0.3 is 0 Å². The monoisotopic (exact) mass is 238 g/mol. The molecule has 0 aliphatic carbocycles. The molecular formula is C13H22N2O2. The van der Waals surface area contributed by atoms with Crippen molar-refractivity contribution in [2.45, 2.75) is 44.8 Å². The van der Waals surface area contributed by atoms with Crippen LogP contribution in [0, 0.1) is 12.3 Å². The molecular weight excluding hydrogens is 216 g/mol. The van der Waals surface area contributed by atoms with Crippen LogP contribution in [0.15, 0.2) is 0 Å². The van der Waals surface area contributed by atoms with Crippen LogP contribution in [0.25, 0.3) is 0 Å². The molecule has 2 N–H and O–H groups in total. The summed E-state index contributed by atoms with van der Waals surface area (Å²) in [5.74, 6) is 2.50. The lowest BCUT2D eigenvalue weighted by Gasteiger charge is -2.23. The van der Waals surface area contributed by atoms with Crippen LogP contribution in [0.3, 0.4) is 0 Å². The van der Waals surface area contributed by atoms with Gasteiger partial charge in [0, 0.05) is 12.5 Å². The second-order valence-electron chi connectivity index (χ2n) is 4.34. The summed E-state index contributed by atoms with van der Waals surface area (Å²) in [6.07, 6.45) is 8.84. The summed E-state index contributed by atoms with van der Waals surface area (Å²) < 4.78 is 5.56. The average molecular weight is 238 g/mol. The van der Waals surface area contributed by atoms with E-state index in [1.54, 1.807) is 0 Å². The number of carbonyl (C=O) groups excluding carboxylic acids is 1. The highest BCUT2D eigenvalue weighted by molar-refractivity contribution is 5.77. The van der Waals surface area contributed by atoms with Crippen LogP contribution in [0.1, 0.15) is 32.6 Å². The van der Waals surface area contributed by atoms with Crippen LogP contribution in [-0.4, -0.2) is 37.7 Å². The third kappa shape index (κ3) is 5.71. The minimum absolute atomic E-state index is 0.0642. The SMILES string of the molecule is C#CCC(CC)NC(=O)COC1CCNCC1. The van der Waals surface area contributed by atoms with Crippen molar-refractivity contribution in [2.75, 3.05) is 19.7 Å². The van der Waals surface area contributed by atoms with Crippen molar-refractivity contribution < 1.29 is 9.53 Å². The Hall–Kier alpha value is -1.05. The van der Waals surface area contributed by atoms with E-state index < -0.39 is 0 Å². The smallest absolute Gasteiger partial charge is 0.246 e. The predicted octanol–water partition coefficient (Wildman–Crippen LogP) is 0.673. The number of piperidine rings is 1. The largest absolute Gasteiger partial charge is 0.368 e. The molecule has 1 atom stereocenters. The van der Waals surface area contributed by atoms with Gasteiger partial charge in [-0.15, -0.1) is 12.3 Å². The normalized spacial score (nSPS) is 18.4. The van der Waals surface area contributed by atoms with E-state index in [9.17, 15) is 4.79 Å². The van der Waals surface area contributed by atoms with E-state index in [2.05, 4.69) is 16.6 Å². The van der Waals surface area contributed by atoms with Crippen LogP contribution >= 0.6 is 0 Å². The molecule has 1 saturated heterocycles. The first-order valence-electron chi connectivity index (χ1n) is 6.31. The maximum Gasteiger partial charge on any atom is 0.246 e. The number of hydrogen-bond donors (Lipinski definition) is 2. The van der Waals surface area contributed by atoms with Gasteiger partial charge in [-0.25, -0.2) is 0 Å². The van der Waals surface area contributed by atoms with Crippen molar-refractivity contribution in [3.63, 3.8) is 0 Å². The lowest BCUT2D eigenvalue weighted by Crippen LogP contribution is -2.39. The van der Waals surface area contributed by atoms with Crippen molar-refractivity contribution in [2.24, 2.45) is 0 Å². The molecule has 17 heavy (non-hydrogen) atoms. The minimum Gasteiger partial charge on any atom is -0.368 e. The molecule has 0 bridgehead atoms. The van der Waals surface area contributed by atoms with E-state index in [0.29, 0.717) is 6.42 Å². The molecule has 0 aromatic rings. The first-order valence-corrected chi connectivity index (χ1v) is 6.31. The summed E-state index contributed by atoms with van der Waals surface area (Å²) in [6.45, 7) is 4.10. The Bertz CT molecular complexity index is 267. The summed E-state index contributed by atoms with van der Waals surface area (Å²) >= 11 is 0. The van der Waals surface area contributed by atoms with E-state index in [4.69, 9.17) is 11.2 Å². The first kappa shape index (κ1) is 14.0. The number of nitrogens with one attached hydrogen (secondary N) is 2. The Labute approximate surface area is 103 Å². The first-order chi connectivity index (χ1) is 8.26.